The van der Waals surface area contributed by atoms with Crippen molar-refractivity contribution in [2.45, 2.75) is 69.5 Å². The highest BCUT2D eigenvalue weighted by Gasteiger charge is 2.34. The zero-order valence-corrected chi connectivity index (χ0v) is 12.0. The first-order valence-corrected chi connectivity index (χ1v) is 8.04. The maximum atomic E-state index is 12.2. The molecule has 0 spiro atoms. The van der Waals surface area contributed by atoms with E-state index in [-0.39, 0.29) is 17.9 Å². The normalized spacial score (nSPS) is 37.1. The van der Waals surface area contributed by atoms with Crippen LogP contribution < -0.4 is 16.0 Å². The minimum Gasteiger partial charge on any atom is -0.354 e. The van der Waals surface area contributed by atoms with Crippen LogP contribution in [0.3, 0.4) is 0 Å². The monoisotopic (exact) mass is 279 g/mol. The molecule has 2 amide bonds. The van der Waals surface area contributed by atoms with Crippen molar-refractivity contribution in [3.05, 3.63) is 0 Å². The van der Waals surface area contributed by atoms with Crippen molar-refractivity contribution in [3.8, 4) is 0 Å². The van der Waals surface area contributed by atoms with Crippen LogP contribution in [0.25, 0.3) is 0 Å². The second-order valence-corrected chi connectivity index (χ2v) is 6.59. The van der Waals surface area contributed by atoms with Gasteiger partial charge in [-0.05, 0) is 50.9 Å². The number of rotatable bonds is 3. The Bertz CT molecular complexity index is 373. The number of amides is 2. The molecule has 3 aliphatic heterocycles. The molecule has 3 unspecified atom stereocenters. The first kappa shape index (κ1) is 13.9. The van der Waals surface area contributed by atoms with Gasteiger partial charge in [0, 0.05) is 25.0 Å². The predicted octanol–water partition coefficient (Wildman–Crippen LogP) is 0.692. The molecule has 3 aliphatic rings. The molecule has 3 atom stereocenters. The van der Waals surface area contributed by atoms with Gasteiger partial charge in [0.1, 0.15) is 6.04 Å². The summed E-state index contributed by atoms with van der Waals surface area (Å²) in [6.45, 7) is 0.739. The zero-order valence-electron chi connectivity index (χ0n) is 12.0. The highest BCUT2D eigenvalue weighted by molar-refractivity contribution is 5.87. The maximum Gasteiger partial charge on any atom is 0.242 e. The average Bonchev–Trinajstić information content (AvgIpc) is 2.62. The van der Waals surface area contributed by atoms with Gasteiger partial charge in [-0.15, -0.1) is 0 Å². The van der Waals surface area contributed by atoms with Crippen LogP contribution in [0.4, 0.5) is 0 Å². The van der Waals surface area contributed by atoms with Gasteiger partial charge in [0.05, 0.1) is 0 Å². The molecule has 5 heteroatoms. The van der Waals surface area contributed by atoms with Crippen LogP contribution in [-0.2, 0) is 9.59 Å². The standard InChI is InChI=1S/C15H25N3O2/c19-14(18-13-3-1-2-6-16-15(13)20)9-10-7-11-4-5-12(8-10)17-11/h10-13,17H,1-9H2,(H,16,20)(H,18,19). The van der Waals surface area contributed by atoms with Gasteiger partial charge in [0.15, 0.2) is 0 Å². The van der Waals surface area contributed by atoms with Crippen LogP contribution >= 0.6 is 0 Å². The van der Waals surface area contributed by atoms with Gasteiger partial charge in [-0.1, -0.05) is 0 Å². The lowest BCUT2D eigenvalue weighted by atomic mass is 9.89. The van der Waals surface area contributed by atoms with Crippen LogP contribution in [0, 0.1) is 5.92 Å². The van der Waals surface area contributed by atoms with Gasteiger partial charge in [-0.3, -0.25) is 9.59 Å². The van der Waals surface area contributed by atoms with Crippen molar-refractivity contribution < 1.29 is 9.59 Å². The summed E-state index contributed by atoms with van der Waals surface area (Å²) in [6, 6.07) is 0.920. The molecule has 3 heterocycles. The summed E-state index contributed by atoms with van der Waals surface area (Å²) in [4.78, 5) is 24.0. The van der Waals surface area contributed by atoms with E-state index in [1.165, 1.54) is 12.8 Å². The van der Waals surface area contributed by atoms with E-state index in [9.17, 15) is 9.59 Å². The van der Waals surface area contributed by atoms with Gasteiger partial charge in [-0.25, -0.2) is 0 Å². The SMILES string of the molecule is O=C(CC1CC2CCC(C1)N2)NC1CCCCNC1=O. The fraction of sp³-hybridized carbons (Fsp3) is 0.867. The third-order valence-corrected chi connectivity index (χ3v) is 4.92. The minimum absolute atomic E-state index is 0.0127. The number of carbonyl (C=O) groups is 2. The van der Waals surface area contributed by atoms with Crippen LogP contribution in [0.15, 0.2) is 0 Å². The smallest absolute Gasteiger partial charge is 0.242 e. The van der Waals surface area contributed by atoms with Crippen LogP contribution in [0.2, 0.25) is 0 Å². The fourth-order valence-electron chi connectivity index (χ4n) is 3.93. The Hall–Kier alpha value is -1.10. The summed E-state index contributed by atoms with van der Waals surface area (Å²) in [5.74, 6) is 0.530. The molecule has 3 N–H and O–H groups in total. The number of fused-ring (bicyclic) bond motifs is 2. The molecular formula is C15H25N3O2. The minimum atomic E-state index is -0.316. The van der Waals surface area contributed by atoms with Gasteiger partial charge < -0.3 is 16.0 Å². The lowest BCUT2D eigenvalue weighted by molar-refractivity contribution is -0.129. The molecule has 3 fully saturated rings. The van der Waals surface area contributed by atoms with Gasteiger partial charge in [-0.2, -0.15) is 0 Å². The Morgan fingerprint density at radius 1 is 1.15 bits per heavy atom. The second-order valence-electron chi connectivity index (χ2n) is 6.59. The summed E-state index contributed by atoms with van der Waals surface area (Å²) < 4.78 is 0. The van der Waals surface area contributed by atoms with Crippen LogP contribution in [0.1, 0.15) is 51.4 Å². The highest BCUT2D eigenvalue weighted by Crippen LogP contribution is 2.32. The van der Waals surface area contributed by atoms with E-state index in [0.717, 1.165) is 38.6 Å². The molecule has 2 bridgehead atoms. The predicted molar refractivity (Wildman–Crippen MR) is 76.1 cm³/mol. The highest BCUT2D eigenvalue weighted by atomic mass is 16.2. The third-order valence-electron chi connectivity index (χ3n) is 4.92. The average molecular weight is 279 g/mol. The quantitative estimate of drug-likeness (QED) is 0.712. The molecule has 0 radical (unpaired) electrons. The first-order chi connectivity index (χ1) is 9.70. The molecular weight excluding hydrogens is 254 g/mol. The van der Waals surface area contributed by atoms with E-state index < -0.39 is 0 Å². The van der Waals surface area contributed by atoms with Gasteiger partial charge in [0.25, 0.3) is 0 Å². The van der Waals surface area contributed by atoms with Crippen LogP contribution in [0.5, 0.6) is 0 Å². The van der Waals surface area contributed by atoms with Gasteiger partial charge >= 0.3 is 0 Å². The Morgan fingerprint density at radius 2 is 1.90 bits per heavy atom. The van der Waals surface area contributed by atoms with E-state index in [0.29, 0.717) is 24.4 Å². The van der Waals surface area contributed by atoms with E-state index >= 15 is 0 Å². The molecule has 0 aromatic heterocycles. The van der Waals surface area contributed by atoms with Crippen molar-refractivity contribution in [1.29, 1.82) is 0 Å². The topological polar surface area (TPSA) is 70.2 Å². The summed E-state index contributed by atoms with van der Waals surface area (Å²) in [7, 11) is 0. The summed E-state index contributed by atoms with van der Waals surface area (Å²) in [6.07, 6.45) is 8.10. The molecule has 5 nitrogen and oxygen atoms in total. The third kappa shape index (κ3) is 3.32. The molecule has 0 aromatic rings. The zero-order chi connectivity index (χ0) is 13.9. The second kappa shape index (κ2) is 6.12. The number of hydrogen-bond acceptors (Lipinski definition) is 3. The Balaban J connectivity index is 1.48. The fourth-order valence-corrected chi connectivity index (χ4v) is 3.93. The van der Waals surface area contributed by atoms with E-state index in [2.05, 4.69) is 16.0 Å². The Kier molecular flexibility index (Phi) is 4.24. The van der Waals surface area contributed by atoms with E-state index in [4.69, 9.17) is 0 Å². The van der Waals surface area contributed by atoms with Gasteiger partial charge in [0.2, 0.25) is 11.8 Å². The van der Waals surface area contributed by atoms with Crippen molar-refractivity contribution in [2.24, 2.45) is 5.92 Å². The number of hydrogen-bond donors (Lipinski definition) is 3. The van der Waals surface area contributed by atoms with Crippen molar-refractivity contribution in [2.75, 3.05) is 6.54 Å². The number of piperidine rings is 1. The molecule has 3 rings (SSSR count). The van der Waals surface area contributed by atoms with Crippen molar-refractivity contribution >= 4 is 11.8 Å². The summed E-state index contributed by atoms with van der Waals surface area (Å²) in [5, 5.41) is 9.39. The molecule has 0 aromatic carbocycles. The molecule has 20 heavy (non-hydrogen) atoms. The summed E-state index contributed by atoms with van der Waals surface area (Å²) in [5.41, 5.74) is 0. The largest absolute Gasteiger partial charge is 0.354 e. The Labute approximate surface area is 120 Å². The van der Waals surface area contributed by atoms with E-state index in [1.807, 2.05) is 0 Å². The lowest BCUT2D eigenvalue weighted by Crippen LogP contribution is -2.46. The summed E-state index contributed by atoms with van der Waals surface area (Å²) >= 11 is 0. The number of nitrogens with one attached hydrogen (secondary N) is 3. The van der Waals surface area contributed by atoms with Crippen molar-refractivity contribution in [1.82, 2.24) is 16.0 Å². The first-order valence-electron chi connectivity index (χ1n) is 8.04. The molecule has 0 aliphatic carbocycles. The maximum absolute atomic E-state index is 12.2. The lowest BCUT2D eigenvalue weighted by Gasteiger charge is -2.29. The Morgan fingerprint density at radius 3 is 2.65 bits per heavy atom. The van der Waals surface area contributed by atoms with Crippen molar-refractivity contribution in [3.63, 3.8) is 0 Å². The number of carbonyl (C=O) groups excluding carboxylic acids is 2. The van der Waals surface area contributed by atoms with Crippen LogP contribution in [-0.4, -0.2) is 36.5 Å². The molecule has 0 saturated carbocycles. The van der Waals surface area contributed by atoms with E-state index in [1.54, 1.807) is 0 Å². The molecule has 3 saturated heterocycles. The molecule has 112 valence electrons.